The van der Waals surface area contributed by atoms with Gasteiger partial charge in [-0.15, -0.1) is 0 Å². The first-order chi connectivity index (χ1) is 12.8. The van der Waals surface area contributed by atoms with Crippen molar-refractivity contribution in [3.63, 3.8) is 0 Å². The minimum atomic E-state index is -0.208. The second-order valence-corrected chi connectivity index (χ2v) is 6.60. The molecule has 0 spiro atoms. The summed E-state index contributed by atoms with van der Waals surface area (Å²) in [6, 6.07) is 9.94. The number of fused-ring (bicyclic) bond motifs is 1. The van der Waals surface area contributed by atoms with Gasteiger partial charge in [-0.25, -0.2) is 9.48 Å². The van der Waals surface area contributed by atoms with Crippen molar-refractivity contribution in [3.05, 3.63) is 47.3 Å². The largest absolute Gasteiger partial charge is 0.376 e. The van der Waals surface area contributed by atoms with Crippen LogP contribution in [0.2, 0.25) is 0 Å². The number of nitrogens with zero attached hydrogens (tertiary/aromatic N) is 2. The normalized spacial score (nSPS) is 19.2. The van der Waals surface area contributed by atoms with Crippen molar-refractivity contribution in [1.29, 1.82) is 0 Å². The summed E-state index contributed by atoms with van der Waals surface area (Å²) in [7, 11) is 0. The molecule has 1 aromatic carbocycles. The second-order valence-electron chi connectivity index (χ2n) is 6.60. The Hall–Kier alpha value is -2.38. The van der Waals surface area contributed by atoms with E-state index in [0.29, 0.717) is 32.9 Å². The van der Waals surface area contributed by atoms with Gasteiger partial charge in [0.05, 0.1) is 43.9 Å². The summed E-state index contributed by atoms with van der Waals surface area (Å²) in [6.45, 7) is 2.60. The summed E-state index contributed by atoms with van der Waals surface area (Å²) >= 11 is 0. The average molecular weight is 356 g/mol. The van der Waals surface area contributed by atoms with E-state index in [-0.39, 0.29) is 12.1 Å². The Morgan fingerprint density at radius 3 is 2.88 bits per heavy atom. The highest BCUT2D eigenvalue weighted by Gasteiger charge is 2.23. The van der Waals surface area contributed by atoms with Crippen molar-refractivity contribution in [2.75, 3.05) is 26.4 Å². The van der Waals surface area contributed by atoms with Crippen molar-refractivity contribution in [2.45, 2.75) is 31.9 Å². The van der Waals surface area contributed by atoms with Gasteiger partial charge in [-0.1, -0.05) is 18.2 Å². The van der Waals surface area contributed by atoms with E-state index in [1.807, 2.05) is 22.9 Å². The van der Waals surface area contributed by atoms with Gasteiger partial charge in [0.25, 0.3) is 0 Å². The van der Waals surface area contributed by atoms with Gasteiger partial charge in [0.1, 0.15) is 0 Å². The zero-order valence-corrected chi connectivity index (χ0v) is 14.7. The molecule has 1 atom stereocenters. The van der Waals surface area contributed by atoms with Crippen LogP contribution in [0.1, 0.15) is 23.4 Å². The molecule has 0 radical (unpaired) electrons. The number of amides is 2. The van der Waals surface area contributed by atoms with Gasteiger partial charge in [0.2, 0.25) is 0 Å². The van der Waals surface area contributed by atoms with Crippen LogP contribution < -0.4 is 10.6 Å². The molecule has 0 bridgehead atoms. The number of aromatic nitrogens is 2. The number of hydrogen-bond donors (Lipinski definition) is 2. The van der Waals surface area contributed by atoms with E-state index < -0.39 is 0 Å². The third-order valence-corrected chi connectivity index (χ3v) is 4.81. The number of carbonyl (C=O) groups excluding carboxylic acids is 1. The lowest BCUT2D eigenvalue weighted by molar-refractivity contribution is -0.0853. The maximum absolute atomic E-state index is 12.1. The highest BCUT2D eigenvalue weighted by atomic mass is 16.6. The third kappa shape index (κ3) is 3.73. The minimum absolute atomic E-state index is 0.0731. The molecule has 2 heterocycles. The van der Waals surface area contributed by atoms with Gasteiger partial charge < -0.3 is 20.1 Å². The fourth-order valence-corrected chi connectivity index (χ4v) is 3.53. The molecule has 138 valence electrons. The summed E-state index contributed by atoms with van der Waals surface area (Å²) in [5.74, 6) is 0. The van der Waals surface area contributed by atoms with Crippen molar-refractivity contribution in [2.24, 2.45) is 0 Å². The zero-order valence-electron chi connectivity index (χ0n) is 14.7. The van der Waals surface area contributed by atoms with E-state index in [0.717, 1.165) is 30.6 Å². The molecule has 2 aliphatic rings. The molecule has 7 heteroatoms. The molecule has 1 saturated heterocycles. The predicted molar refractivity (Wildman–Crippen MR) is 96.4 cm³/mol. The fourth-order valence-electron chi connectivity index (χ4n) is 3.53. The Bertz CT molecular complexity index is 754. The Morgan fingerprint density at radius 2 is 2.08 bits per heavy atom. The van der Waals surface area contributed by atoms with Crippen LogP contribution in [0.4, 0.5) is 4.79 Å². The molecule has 7 nitrogen and oxygen atoms in total. The van der Waals surface area contributed by atoms with Crippen LogP contribution in [0, 0.1) is 0 Å². The summed E-state index contributed by atoms with van der Waals surface area (Å²) in [4.78, 5) is 12.1. The second kappa shape index (κ2) is 7.88. The molecule has 4 rings (SSSR count). The average Bonchev–Trinajstić information content (AvgIpc) is 3.29. The molecular weight excluding hydrogens is 332 g/mol. The van der Waals surface area contributed by atoms with E-state index in [2.05, 4.69) is 22.8 Å². The monoisotopic (exact) mass is 356 g/mol. The Kier molecular flexibility index (Phi) is 5.17. The lowest BCUT2D eigenvalue weighted by Gasteiger charge is -2.23. The first kappa shape index (κ1) is 17.1. The van der Waals surface area contributed by atoms with Crippen molar-refractivity contribution >= 4 is 6.03 Å². The van der Waals surface area contributed by atoms with Gasteiger partial charge in [-0.3, -0.25) is 0 Å². The molecule has 1 aromatic heterocycles. The van der Waals surface area contributed by atoms with Crippen molar-refractivity contribution in [1.82, 2.24) is 20.4 Å². The van der Waals surface area contributed by atoms with Crippen LogP contribution in [0.25, 0.3) is 5.69 Å². The Labute approximate surface area is 152 Å². The summed E-state index contributed by atoms with van der Waals surface area (Å²) in [6.07, 6.45) is 3.12. The Morgan fingerprint density at radius 1 is 1.19 bits per heavy atom. The molecule has 2 amide bonds. The summed E-state index contributed by atoms with van der Waals surface area (Å²) < 4.78 is 12.9. The van der Waals surface area contributed by atoms with E-state index in [9.17, 15) is 4.79 Å². The van der Waals surface area contributed by atoms with Crippen LogP contribution in [0.5, 0.6) is 0 Å². The van der Waals surface area contributed by atoms with Gasteiger partial charge in [0, 0.05) is 12.2 Å². The van der Waals surface area contributed by atoms with Crippen LogP contribution in [-0.2, 0) is 28.9 Å². The number of carbonyl (C=O) groups is 1. The fraction of sp³-hybridized carbons (Fsp3) is 0.474. The lowest BCUT2D eigenvalue weighted by Crippen LogP contribution is -2.43. The highest BCUT2D eigenvalue weighted by molar-refractivity contribution is 5.73. The first-order valence-electron chi connectivity index (χ1n) is 9.17. The zero-order chi connectivity index (χ0) is 17.8. The summed E-state index contributed by atoms with van der Waals surface area (Å²) in [5, 5.41) is 10.5. The van der Waals surface area contributed by atoms with E-state index >= 15 is 0 Å². The van der Waals surface area contributed by atoms with Gasteiger partial charge in [0.15, 0.2) is 0 Å². The van der Waals surface area contributed by atoms with E-state index in [1.165, 1.54) is 11.3 Å². The highest BCUT2D eigenvalue weighted by Crippen LogP contribution is 2.27. The minimum Gasteiger partial charge on any atom is -0.376 e. The number of urea groups is 1. The maximum atomic E-state index is 12.1. The van der Waals surface area contributed by atoms with E-state index in [1.54, 1.807) is 0 Å². The smallest absolute Gasteiger partial charge is 0.315 e. The number of benzene rings is 1. The molecule has 2 N–H and O–H groups in total. The number of nitrogens with one attached hydrogen (secondary N) is 2. The molecule has 0 unspecified atom stereocenters. The standard InChI is InChI=1S/C19H24N4O3/c24-19(20-11-15-13-25-9-10-26-15)21-12-17-16-7-4-8-18(16)23(22-17)14-5-2-1-3-6-14/h1-3,5-6,15H,4,7-13H2,(H2,20,21,24)/t15-/m0/s1. The van der Waals surface area contributed by atoms with E-state index in [4.69, 9.17) is 14.6 Å². The van der Waals surface area contributed by atoms with Crippen LogP contribution in [0.15, 0.2) is 30.3 Å². The van der Waals surface area contributed by atoms with Crippen LogP contribution >= 0.6 is 0 Å². The summed E-state index contributed by atoms with van der Waals surface area (Å²) in [5.41, 5.74) is 4.56. The number of rotatable bonds is 5. The SMILES string of the molecule is O=C(NCc1nn(-c2ccccc2)c2c1CCC2)NC[C@H]1COCCO1. The topological polar surface area (TPSA) is 77.4 Å². The molecule has 1 aliphatic heterocycles. The lowest BCUT2D eigenvalue weighted by atomic mass is 10.2. The molecule has 1 aliphatic carbocycles. The van der Waals surface area contributed by atoms with Crippen molar-refractivity contribution in [3.8, 4) is 5.69 Å². The molecule has 26 heavy (non-hydrogen) atoms. The van der Waals surface area contributed by atoms with Crippen LogP contribution in [0.3, 0.4) is 0 Å². The van der Waals surface area contributed by atoms with Gasteiger partial charge >= 0.3 is 6.03 Å². The molecule has 2 aromatic rings. The maximum Gasteiger partial charge on any atom is 0.315 e. The van der Waals surface area contributed by atoms with Gasteiger partial charge in [-0.2, -0.15) is 5.10 Å². The van der Waals surface area contributed by atoms with Crippen molar-refractivity contribution < 1.29 is 14.3 Å². The number of hydrogen-bond acceptors (Lipinski definition) is 4. The molecule has 0 saturated carbocycles. The number of ether oxygens (including phenoxy) is 2. The Balaban J connectivity index is 1.37. The third-order valence-electron chi connectivity index (χ3n) is 4.81. The molecular formula is C19H24N4O3. The first-order valence-corrected chi connectivity index (χ1v) is 9.17. The van der Waals surface area contributed by atoms with Gasteiger partial charge in [-0.05, 0) is 37.0 Å². The number of para-hydroxylation sites is 1. The quantitative estimate of drug-likeness (QED) is 0.853. The predicted octanol–water partition coefficient (Wildman–Crippen LogP) is 1.58. The molecule has 1 fully saturated rings. The van der Waals surface area contributed by atoms with Crippen LogP contribution in [-0.4, -0.2) is 48.3 Å².